The minimum atomic E-state index is -0.914. The van der Waals surface area contributed by atoms with Gasteiger partial charge in [-0.05, 0) is 48.7 Å². The Bertz CT molecular complexity index is 618. The summed E-state index contributed by atoms with van der Waals surface area (Å²) < 4.78 is 0. The van der Waals surface area contributed by atoms with Crippen molar-refractivity contribution in [1.82, 2.24) is 0 Å². The Morgan fingerprint density at radius 3 is 2.33 bits per heavy atom. The number of carboxylic acids is 1. The van der Waals surface area contributed by atoms with Crippen molar-refractivity contribution in [1.29, 1.82) is 0 Å². The van der Waals surface area contributed by atoms with Crippen molar-refractivity contribution < 1.29 is 9.90 Å². The topological polar surface area (TPSA) is 37.3 Å². The molecule has 2 rings (SSSR count). The number of rotatable bonds is 2. The van der Waals surface area contributed by atoms with Gasteiger partial charge >= 0.3 is 5.97 Å². The monoisotopic (exact) mass is 260 g/mol. The Morgan fingerprint density at radius 1 is 1.06 bits per heavy atom. The van der Waals surface area contributed by atoms with Crippen molar-refractivity contribution in [3.05, 3.63) is 58.1 Å². The average molecular weight is 261 g/mol. The molecule has 92 valence electrons. The van der Waals surface area contributed by atoms with Crippen molar-refractivity contribution in [3.63, 3.8) is 0 Å². The summed E-state index contributed by atoms with van der Waals surface area (Å²) >= 11 is 5.92. The second-order valence-corrected chi connectivity index (χ2v) is 4.75. The highest BCUT2D eigenvalue weighted by Crippen LogP contribution is 2.29. The van der Waals surface area contributed by atoms with Crippen LogP contribution in [0.25, 0.3) is 11.1 Å². The first-order chi connectivity index (χ1) is 8.49. The molecule has 0 aliphatic rings. The van der Waals surface area contributed by atoms with Crippen LogP contribution in [-0.4, -0.2) is 11.1 Å². The van der Waals surface area contributed by atoms with E-state index in [1.807, 2.05) is 38.1 Å². The standard InChI is InChI=1S/C15H13ClO2/c1-9-3-5-13(14(7-9)15(17)18)12-6-4-11(16)8-10(12)2/h3-8H,1-2H3,(H,17,18). The molecule has 2 aromatic carbocycles. The first-order valence-electron chi connectivity index (χ1n) is 5.59. The average Bonchev–Trinajstić information content (AvgIpc) is 2.29. The van der Waals surface area contributed by atoms with E-state index < -0.39 is 5.97 Å². The van der Waals surface area contributed by atoms with Crippen molar-refractivity contribution >= 4 is 17.6 Å². The molecular formula is C15H13ClO2. The molecule has 0 unspecified atom stereocenters. The van der Waals surface area contributed by atoms with Crippen molar-refractivity contribution in [3.8, 4) is 11.1 Å². The van der Waals surface area contributed by atoms with E-state index in [1.54, 1.807) is 12.1 Å². The van der Waals surface area contributed by atoms with Gasteiger partial charge in [-0.25, -0.2) is 4.79 Å². The van der Waals surface area contributed by atoms with Gasteiger partial charge in [-0.3, -0.25) is 0 Å². The Morgan fingerprint density at radius 2 is 1.72 bits per heavy atom. The first kappa shape index (κ1) is 12.7. The number of carbonyl (C=O) groups is 1. The highest BCUT2D eigenvalue weighted by molar-refractivity contribution is 6.30. The predicted molar refractivity (Wildman–Crippen MR) is 73.3 cm³/mol. The van der Waals surface area contributed by atoms with Crippen molar-refractivity contribution in [2.24, 2.45) is 0 Å². The third-order valence-corrected chi connectivity index (χ3v) is 3.12. The lowest BCUT2D eigenvalue weighted by Gasteiger charge is -2.10. The largest absolute Gasteiger partial charge is 0.478 e. The van der Waals surface area contributed by atoms with Crippen molar-refractivity contribution in [2.75, 3.05) is 0 Å². The maximum absolute atomic E-state index is 11.3. The molecule has 0 saturated heterocycles. The number of aromatic carboxylic acids is 1. The summed E-state index contributed by atoms with van der Waals surface area (Å²) in [5, 5.41) is 9.92. The quantitative estimate of drug-likeness (QED) is 0.873. The Hall–Kier alpha value is -1.80. The number of aryl methyl sites for hydroxylation is 2. The molecule has 0 aromatic heterocycles. The second-order valence-electron chi connectivity index (χ2n) is 4.31. The van der Waals surface area contributed by atoms with Crippen LogP contribution in [0.5, 0.6) is 0 Å². The second kappa shape index (κ2) is 4.83. The summed E-state index contributed by atoms with van der Waals surface area (Å²) in [5.74, 6) is -0.914. The number of halogens is 1. The molecule has 2 nitrogen and oxygen atoms in total. The number of hydrogen-bond acceptors (Lipinski definition) is 1. The highest BCUT2D eigenvalue weighted by Gasteiger charge is 2.13. The number of hydrogen-bond donors (Lipinski definition) is 1. The van der Waals surface area contributed by atoms with Gasteiger partial charge in [-0.2, -0.15) is 0 Å². The highest BCUT2D eigenvalue weighted by atomic mass is 35.5. The maximum atomic E-state index is 11.3. The zero-order chi connectivity index (χ0) is 13.3. The van der Waals surface area contributed by atoms with Crippen LogP contribution in [0.2, 0.25) is 5.02 Å². The van der Waals surface area contributed by atoms with E-state index in [9.17, 15) is 9.90 Å². The van der Waals surface area contributed by atoms with E-state index in [0.717, 1.165) is 22.3 Å². The zero-order valence-electron chi connectivity index (χ0n) is 10.2. The van der Waals surface area contributed by atoms with Crippen LogP contribution in [-0.2, 0) is 0 Å². The molecule has 0 radical (unpaired) electrons. The van der Waals surface area contributed by atoms with Crippen LogP contribution in [0.1, 0.15) is 21.5 Å². The van der Waals surface area contributed by atoms with E-state index in [2.05, 4.69) is 0 Å². The third-order valence-electron chi connectivity index (χ3n) is 2.88. The molecule has 0 spiro atoms. The van der Waals surface area contributed by atoms with Gasteiger partial charge in [0.2, 0.25) is 0 Å². The SMILES string of the molecule is Cc1ccc(-c2ccc(Cl)cc2C)c(C(=O)O)c1. The van der Waals surface area contributed by atoms with Gasteiger partial charge in [-0.15, -0.1) is 0 Å². The fourth-order valence-corrected chi connectivity index (χ4v) is 2.23. The minimum absolute atomic E-state index is 0.320. The Kier molecular flexibility index (Phi) is 3.39. The molecule has 0 fully saturated rings. The summed E-state index contributed by atoms with van der Waals surface area (Å²) in [6.45, 7) is 3.80. The lowest BCUT2D eigenvalue weighted by Crippen LogP contribution is -2.00. The molecule has 0 aliphatic carbocycles. The van der Waals surface area contributed by atoms with Gasteiger partial charge in [0, 0.05) is 5.02 Å². The molecule has 2 aromatic rings. The van der Waals surface area contributed by atoms with Crippen molar-refractivity contribution in [2.45, 2.75) is 13.8 Å². The van der Waals surface area contributed by atoms with Gasteiger partial charge in [0.1, 0.15) is 0 Å². The van der Waals surface area contributed by atoms with Crippen LogP contribution < -0.4 is 0 Å². The third kappa shape index (κ3) is 2.39. The van der Waals surface area contributed by atoms with Crippen LogP contribution in [0.15, 0.2) is 36.4 Å². The fraction of sp³-hybridized carbons (Fsp3) is 0.133. The maximum Gasteiger partial charge on any atom is 0.336 e. The number of benzene rings is 2. The minimum Gasteiger partial charge on any atom is -0.478 e. The van der Waals surface area contributed by atoms with Gasteiger partial charge in [0.05, 0.1) is 5.56 Å². The van der Waals surface area contributed by atoms with Gasteiger partial charge in [0.15, 0.2) is 0 Å². The van der Waals surface area contributed by atoms with Gasteiger partial charge in [-0.1, -0.05) is 35.4 Å². The van der Waals surface area contributed by atoms with E-state index in [1.165, 1.54) is 0 Å². The van der Waals surface area contributed by atoms with Crippen LogP contribution in [0.4, 0.5) is 0 Å². The van der Waals surface area contributed by atoms with E-state index in [4.69, 9.17) is 11.6 Å². The lowest BCUT2D eigenvalue weighted by molar-refractivity contribution is 0.0697. The van der Waals surface area contributed by atoms with Gasteiger partial charge in [0.25, 0.3) is 0 Å². The fourth-order valence-electron chi connectivity index (χ4n) is 2.00. The molecule has 0 aliphatic heterocycles. The van der Waals surface area contributed by atoms with E-state index in [-0.39, 0.29) is 0 Å². The molecule has 0 bridgehead atoms. The summed E-state index contributed by atoms with van der Waals surface area (Å²) in [4.78, 5) is 11.3. The molecule has 0 saturated carbocycles. The van der Waals surface area contributed by atoms with E-state index in [0.29, 0.717) is 10.6 Å². The van der Waals surface area contributed by atoms with Crippen LogP contribution >= 0.6 is 11.6 Å². The molecule has 0 atom stereocenters. The van der Waals surface area contributed by atoms with Gasteiger partial charge < -0.3 is 5.11 Å². The van der Waals surface area contributed by atoms with Crippen LogP contribution in [0.3, 0.4) is 0 Å². The Balaban J connectivity index is 2.67. The lowest BCUT2D eigenvalue weighted by atomic mass is 9.95. The normalized spacial score (nSPS) is 10.4. The molecule has 18 heavy (non-hydrogen) atoms. The van der Waals surface area contributed by atoms with E-state index >= 15 is 0 Å². The smallest absolute Gasteiger partial charge is 0.336 e. The molecule has 0 amide bonds. The zero-order valence-corrected chi connectivity index (χ0v) is 11.0. The molecule has 3 heteroatoms. The molecule has 0 heterocycles. The molecular weight excluding hydrogens is 248 g/mol. The summed E-state index contributed by atoms with van der Waals surface area (Å²) in [6.07, 6.45) is 0. The predicted octanol–water partition coefficient (Wildman–Crippen LogP) is 4.32. The van der Waals surface area contributed by atoms with Crippen LogP contribution in [0, 0.1) is 13.8 Å². The first-order valence-corrected chi connectivity index (χ1v) is 5.97. The summed E-state index contributed by atoms with van der Waals surface area (Å²) in [5.41, 5.74) is 3.84. The number of carboxylic acid groups (broad SMARTS) is 1. The Labute approximate surface area is 111 Å². The summed E-state index contributed by atoms with van der Waals surface area (Å²) in [6, 6.07) is 10.9. The summed E-state index contributed by atoms with van der Waals surface area (Å²) in [7, 11) is 0. The molecule has 1 N–H and O–H groups in total.